The van der Waals surface area contributed by atoms with E-state index in [4.69, 9.17) is 4.74 Å². The summed E-state index contributed by atoms with van der Waals surface area (Å²) in [5, 5.41) is 3.55. The van der Waals surface area contributed by atoms with Gasteiger partial charge in [0.15, 0.2) is 0 Å². The van der Waals surface area contributed by atoms with Crippen LogP contribution in [0.25, 0.3) is 0 Å². The molecule has 0 radical (unpaired) electrons. The fourth-order valence-corrected chi connectivity index (χ4v) is 2.95. The molecule has 19 heavy (non-hydrogen) atoms. The van der Waals surface area contributed by atoms with E-state index in [2.05, 4.69) is 61.9 Å². The average molecular weight is 328 g/mol. The van der Waals surface area contributed by atoms with Crippen LogP contribution in [0.2, 0.25) is 0 Å². The molecular formula is C16H26BrNO. The van der Waals surface area contributed by atoms with Crippen molar-refractivity contribution in [2.24, 2.45) is 0 Å². The molecule has 0 bridgehead atoms. The molecule has 0 amide bonds. The molecule has 1 rings (SSSR count). The van der Waals surface area contributed by atoms with Gasteiger partial charge in [-0.1, -0.05) is 35.8 Å². The first-order chi connectivity index (χ1) is 8.65. The van der Waals surface area contributed by atoms with Gasteiger partial charge in [-0.05, 0) is 56.8 Å². The quantitative estimate of drug-likeness (QED) is 0.858. The summed E-state index contributed by atoms with van der Waals surface area (Å²) in [6, 6.07) is 6.22. The SMILES string of the molecule is COc1ccc(C(C)(C)CCNC(C)(C)C)c(Br)c1. The molecule has 0 saturated carbocycles. The molecule has 1 aromatic carbocycles. The smallest absolute Gasteiger partial charge is 0.120 e. The highest BCUT2D eigenvalue weighted by molar-refractivity contribution is 9.10. The molecular weight excluding hydrogens is 302 g/mol. The van der Waals surface area contributed by atoms with Crippen LogP contribution < -0.4 is 10.1 Å². The Morgan fingerprint density at radius 3 is 2.26 bits per heavy atom. The Morgan fingerprint density at radius 1 is 1.16 bits per heavy atom. The predicted molar refractivity (Wildman–Crippen MR) is 86.1 cm³/mol. The summed E-state index contributed by atoms with van der Waals surface area (Å²) in [5.41, 5.74) is 1.63. The summed E-state index contributed by atoms with van der Waals surface area (Å²) in [6.07, 6.45) is 1.09. The van der Waals surface area contributed by atoms with Gasteiger partial charge in [-0.2, -0.15) is 0 Å². The van der Waals surface area contributed by atoms with E-state index in [9.17, 15) is 0 Å². The van der Waals surface area contributed by atoms with Gasteiger partial charge in [-0.3, -0.25) is 0 Å². The molecule has 0 unspecified atom stereocenters. The van der Waals surface area contributed by atoms with E-state index in [1.807, 2.05) is 12.1 Å². The molecule has 0 fully saturated rings. The van der Waals surface area contributed by atoms with Crippen LogP contribution in [0.1, 0.15) is 46.6 Å². The first kappa shape index (κ1) is 16.5. The van der Waals surface area contributed by atoms with E-state index in [0.717, 1.165) is 23.2 Å². The van der Waals surface area contributed by atoms with Gasteiger partial charge in [-0.15, -0.1) is 0 Å². The van der Waals surface area contributed by atoms with Crippen LogP contribution in [0.5, 0.6) is 5.75 Å². The maximum atomic E-state index is 5.25. The van der Waals surface area contributed by atoms with Crippen molar-refractivity contribution < 1.29 is 4.74 Å². The maximum absolute atomic E-state index is 5.25. The summed E-state index contributed by atoms with van der Waals surface area (Å²) in [4.78, 5) is 0. The van der Waals surface area contributed by atoms with E-state index in [1.54, 1.807) is 7.11 Å². The molecule has 2 nitrogen and oxygen atoms in total. The van der Waals surface area contributed by atoms with Crippen LogP contribution >= 0.6 is 15.9 Å². The lowest BCUT2D eigenvalue weighted by Crippen LogP contribution is -2.38. The Hall–Kier alpha value is -0.540. The number of nitrogens with one attached hydrogen (secondary N) is 1. The van der Waals surface area contributed by atoms with Gasteiger partial charge in [0.05, 0.1) is 7.11 Å². The molecule has 0 aliphatic carbocycles. The standard InChI is InChI=1S/C16H26BrNO/c1-15(2,3)18-10-9-16(4,5)13-8-7-12(19-6)11-14(13)17/h7-8,11,18H,9-10H2,1-6H3. The van der Waals surface area contributed by atoms with E-state index in [0.29, 0.717) is 0 Å². The predicted octanol–water partition coefficient (Wildman–Crippen LogP) is 4.51. The van der Waals surface area contributed by atoms with Crippen molar-refractivity contribution in [1.29, 1.82) is 0 Å². The largest absolute Gasteiger partial charge is 0.497 e. The van der Waals surface area contributed by atoms with Crippen molar-refractivity contribution in [2.45, 2.75) is 52.0 Å². The Bertz CT molecular complexity index is 421. The number of ether oxygens (including phenoxy) is 1. The van der Waals surface area contributed by atoms with Gasteiger partial charge < -0.3 is 10.1 Å². The van der Waals surface area contributed by atoms with Gasteiger partial charge in [0.1, 0.15) is 5.75 Å². The van der Waals surface area contributed by atoms with Gasteiger partial charge in [0.25, 0.3) is 0 Å². The van der Waals surface area contributed by atoms with Crippen LogP contribution in [0.4, 0.5) is 0 Å². The number of hydrogen-bond acceptors (Lipinski definition) is 2. The first-order valence-electron chi connectivity index (χ1n) is 6.75. The minimum Gasteiger partial charge on any atom is -0.497 e. The van der Waals surface area contributed by atoms with Gasteiger partial charge in [0, 0.05) is 10.0 Å². The van der Waals surface area contributed by atoms with Crippen molar-refractivity contribution in [2.75, 3.05) is 13.7 Å². The van der Waals surface area contributed by atoms with E-state index >= 15 is 0 Å². The minimum atomic E-state index is 0.128. The number of methoxy groups -OCH3 is 1. The normalized spacial score (nSPS) is 12.6. The molecule has 0 aliphatic rings. The summed E-state index contributed by atoms with van der Waals surface area (Å²) in [5.74, 6) is 0.888. The van der Waals surface area contributed by atoms with Gasteiger partial charge in [0.2, 0.25) is 0 Å². The molecule has 0 saturated heterocycles. The van der Waals surface area contributed by atoms with E-state index in [1.165, 1.54) is 5.56 Å². The lowest BCUT2D eigenvalue weighted by molar-refractivity contribution is 0.378. The second kappa shape index (κ2) is 6.27. The summed E-state index contributed by atoms with van der Waals surface area (Å²) < 4.78 is 6.36. The molecule has 1 N–H and O–H groups in total. The lowest BCUT2D eigenvalue weighted by atomic mass is 9.81. The van der Waals surface area contributed by atoms with Crippen LogP contribution in [0, 0.1) is 0 Å². The van der Waals surface area contributed by atoms with Crippen LogP contribution in [0.15, 0.2) is 22.7 Å². The van der Waals surface area contributed by atoms with Crippen molar-refractivity contribution in [3.63, 3.8) is 0 Å². The molecule has 1 aromatic rings. The molecule has 0 atom stereocenters. The molecule has 0 aliphatic heterocycles. The highest BCUT2D eigenvalue weighted by Gasteiger charge is 2.23. The van der Waals surface area contributed by atoms with E-state index in [-0.39, 0.29) is 11.0 Å². The van der Waals surface area contributed by atoms with Crippen molar-refractivity contribution in [3.05, 3.63) is 28.2 Å². The topological polar surface area (TPSA) is 21.3 Å². The third kappa shape index (κ3) is 5.15. The summed E-state index contributed by atoms with van der Waals surface area (Å²) >= 11 is 3.65. The number of benzene rings is 1. The molecule has 0 aromatic heterocycles. The van der Waals surface area contributed by atoms with Crippen LogP contribution in [-0.2, 0) is 5.41 Å². The van der Waals surface area contributed by atoms with Gasteiger partial charge in [-0.25, -0.2) is 0 Å². The number of halogens is 1. The maximum Gasteiger partial charge on any atom is 0.120 e. The Labute approximate surface area is 126 Å². The monoisotopic (exact) mass is 327 g/mol. The van der Waals surface area contributed by atoms with Crippen LogP contribution in [-0.4, -0.2) is 19.2 Å². The fourth-order valence-electron chi connectivity index (χ4n) is 2.06. The second-order valence-corrected chi connectivity index (χ2v) is 7.51. The molecule has 0 heterocycles. The molecule has 3 heteroatoms. The lowest BCUT2D eigenvalue weighted by Gasteiger charge is -2.29. The Morgan fingerprint density at radius 2 is 1.79 bits per heavy atom. The van der Waals surface area contributed by atoms with Crippen LogP contribution in [0.3, 0.4) is 0 Å². The zero-order valence-corrected chi connectivity index (χ0v) is 14.5. The number of hydrogen-bond donors (Lipinski definition) is 1. The van der Waals surface area contributed by atoms with Crippen molar-refractivity contribution in [3.8, 4) is 5.75 Å². The third-order valence-electron chi connectivity index (χ3n) is 3.31. The molecule has 0 spiro atoms. The minimum absolute atomic E-state index is 0.128. The molecule has 108 valence electrons. The van der Waals surface area contributed by atoms with Crippen molar-refractivity contribution in [1.82, 2.24) is 5.32 Å². The van der Waals surface area contributed by atoms with Crippen molar-refractivity contribution >= 4 is 15.9 Å². The zero-order valence-electron chi connectivity index (χ0n) is 12.9. The highest BCUT2D eigenvalue weighted by Crippen LogP contribution is 2.34. The zero-order chi connectivity index (χ0) is 14.7. The summed E-state index contributed by atoms with van der Waals surface area (Å²) in [7, 11) is 1.69. The Kier molecular flexibility index (Phi) is 5.45. The second-order valence-electron chi connectivity index (χ2n) is 6.66. The fraction of sp³-hybridized carbons (Fsp3) is 0.625. The average Bonchev–Trinajstić information content (AvgIpc) is 2.26. The van der Waals surface area contributed by atoms with Gasteiger partial charge >= 0.3 is 0 Å². The van der Waals surface area contributed by atoms with E-state index < -0.39 is 0 Å². The number of rotatable bonds is 5. The third-order valence-corrected chi connectivity index (χ3v) is 3.97. The highest BCUT2D eigenvalue weighted by atomic mass is 79.9. The first-order valence-corrected chi connectivity index (χ1v) is 7.54. The Balaban J connectivity index is 2.76. The summed E-state index contributed by atoms with van der Waals surface area (Å²) in [6.45, 7) is 12.2.